The normalized spacial score (nSPS) is 16.1. The SMILES string of the molecule is CCN(CC(=O)NCCCC(=O)OC)C1CCCCC1. The molecule has 0 bridgehead atoms. The largest absolute Gasteiger partial charge is 0.469 e. The Morgan fingerprint density at radius 3 is 2.55 bits per heavy atom. The van der Waals surface area contributed by atoms with Gasteiger partial charge in [-0.25, -0.2) is 0 Å². The Morgan fingerprint density at radius 1 is 1.25 bits per heavy atom. The molecule has 0 saturated heterocycles. The third kappa shape index (κ3) is 6.37. The van der Waals surface area contributed by atoms with Crippen molar-refractivity contribution in [1.82, 2.24) is 10.2 Å². The molecule has 5 heteroatoms. The second kappa shape index (κ2) is 9.75. The van der Waals surface area contributed by atoms with Gasteiger partial charge in [0.2, 0.25) is 5.91 Å². The zero-order chi connectivity index (χ0) is 14.8. The molecule has 1 saturated carbocycles. The zero-order valence-electron chi connectivity index (χ0n) is 12.8. The van der Waals surface area contributed by atoms with E-state index in [4.69, 9.17) is 0 Å². The van der Waals surface area contributed by atoms with Gasteiger partial charge in [0, 0.05) is 19.0 Å². The fourth-order valence-corrected chi connectivity index (χ4v) is 2.75. The van der Waals surface area contributed by atoms with Crippen LogP contribution < -0.4 is 5.32 Å². The molecule has 0 unspecified atom stereocenters. The van der Waals surface area contributed by atoms with Gasteiger partial charge >= 0.3 is 5.97 Å². The second-order valence-corrected chi connectivity index (χ2v) is 5.38. The molecule has 5 nitrogen and oxygen atoms in total. The molecule has 0 aromatic rings. The Bertz CT molecular complexity index is 301. The Balaban J connectivity index is 2.20. The van der Waals surface area contributed by atoms with Gasteiger partial charge in [-0.1, -0.05) is 26.2 Å². The van der Waals surface area contributed by atoms with Crippen molar-refractivity contribution in [2.45, 2.75) is 57.9 Å². The van der Waals surface area contributed by atoms with Crippen LogP contribution in [0, 0.1) is 0 Å². The Labute approximate surface area is 122 Å². The number of nitrogens with zero attached hydrogens (tertiary/aromatic N) is 1. The second-order valence-electron chi connectivity index (χ2n) is 5.38. The molecular weight excluding hydrogens is 256 g/mol. The first kappa shape index (κ1) is 17.0. The molecule has 1 rings (SSSR count). The number of nitrogens with one attached hydrogen (secondary N) is 1. The maximum atomic E-state index is 11.9. The number of hydrogen-bond donors (Lipinski definition) is 1. The number of amides is 1. The van der Waals surface area contributed by atoms with Gasteiger partial charge in [-0.2, -0.15) is 0 Å². The van der Waals surface area contributed by atoms with Crippen LogP contribution in [0.2, 0.25) is 0 Å². The number of likely N-dealkylation sites (N-methyl/N-ethyl adjacent to an activating group) is 1. The molecule has 0 aromatic carbocycles. The summed E-state index contributed by atoms with van der Waals surface area (Å²) in [5.41, 5.74) is 0. The van der Waals surface area contributed by atoms with Gasteiger partial charge in [0.15, 0.2) is 0 Å². The summed E-state index contributed by atoms with van der Waals surface area (Å²) in [4.78, 5) is 25.1. The topological polar surface area (TPSA) is 58.6 Å². The Kier molecular flexibility index (Phi) is 8.26. The molecular formula is C15H28N2O3. The van der Waals surface area contributed by atoms with Gasteiger partial charge in [0.1, 0.15) is 0 Å². The number of carbonyl (C=O) groups excluding carboxylic acids is 2. The van der Waals surface area contributed by atoms with Gasteiger partial charge in [-0.15, -0.1) is 0 Å². The average molecular weight is 284 g/mol. The Morgan fingerprint density at radius 2 is 1.95 bits per heavy atom. The van der Waals surface area contributed by atoms with Crippen LogP contribution in [0.3, 0.4) is 0 Å². The van der Waals surface area contributed by atoms with Gasteiger partial charge in [-0.3, -0.25) is 14.5 Å². The molecule has 0 heterocycles. The monoisotopic (exact) mass is 284 g/mol. The van der Waals surface area contributed by atoms with E-state index in [1.165, 1.54) is 39.2 Å². The van der Waals surface area contributed by atoms with Crippen molar-refractivity contribution in [3.63, 3.8) is 0 Å². The molecule has 1 N–H and O–H groups in total. The summed E-state index contributed by atoms with van der Waals surface area (Å²) >= 11 is 0. The predicted molar refractivity (Wildman–Crippen MR) is 78.4 cm³/mol. The van der Waals surface area contributed by atoms with Crippen LogP contribution in [-0.4, -0.2) is 49.6 Å². The number of carbonyl (C=O) groups is 2. The fourth-order valence-electron chi connectivity index (χ4n) is 2.75. The maximum Gasteiger partial charge on any atom is 0.305 e. The van der Waals surface area contributed by atoms with E-state index in [0.717, 1.165) is 6.54 Å². The summed E-state index contributed by atoms with van der Waals surface area (Å²) in [5.74, 6) is -0.168. The molecule has 20 heavy (non-hydrogen) atoms. The third-order valence-corrected chi connectivity index (χ3v) is 3.95. The van der Waals surface area contributed by atoms with E-state index in [2.05, 4.69) is 21.9 Å². The molecule has 1 fully saturated rings. The van der Waals surface area contributed by atoms with Crippen LogP contribution in [0.25, 0.3) is 0 Å². The molecule has 116 valence electrons. The standard InChI is InChI=1S/C15H28N2O3/c1-3-17(13-8-5-4-6-9-13)12-14(18)16-11-7-10-15(19)20-2/h13H,3-12H2,1-2H3,(H,16,18). The van der Waals surface area contributed by atoms with Gasteiger partial charge in [0.25, 0.3) is 0 Å². The van der Waals surface area contributed by atoms with Crippen LogP contribution in [-0.2, 0) is 14.3 Å². The molecule has 0 radical (unpaired) electrons. The van der Waals surface area contributed by atoms with Crippen molar-refractivity contribution >= 4 is 11.9 Å². The molecule has 0 atom stereocenters. The van der Waals surface area contributed by atoms with Crippen LogP contribution in [0.4, 0.5) is 0 Å². The number of methoxy groups -OCH3 is 1. The smallest absolute Gasteiger partial charge is 0.305 e. The molecule has 0 spiro atoms. The van der Waals surface area contributed by atoms with E-state index in [1.807, 2.05) is 0 Å². The summed E-state index contributed by atoms with van der Waals surface area (Å²) in [6.45, 7) is 4.04. The number of esters is 1. The highest BCUT2D eigenvalue weighted by molar-refractivity contribution is 5.78. The lowest BCUT2D eigenvalue weighted by molar-refractivity contribution is -0.140. The van der Waals surface area contributed by atoms with E-state index >= 15 is 0 Å². The Hall–Kier alpha value is -1.10. The quantitative estimate of drug-likeness (QED) is 0.544. The summed E-state index contributed by atoms with van der Waals surface area (Å²) < 4.78 is 4.56. The summed E-state index contributed by atoms with van der Waals surface area (Å²) in [6.07, 6.45) is 7.30. The van der Waals surface area contributed by atoms with Crippen molar-refractivity contribution in [2.75, 3.05) is 26.7 Å². The van der Waals surface area contributed by atoms with Crippen molar-refractivity contribution in [3.05, 3.63) is 0 Å². The van der Waals surface area contributed by atoms with E-state index < -0.39 is 0 Å². The van der Waals surface area contributed by atoms with Crippen LogP contribution in [0.1, 0.15) is 51.9 Å². The lowest BCUT2D eigenvalue weighted by Crippen LogP contribution is -2.43. The summed E-state index contributed by atoms with van der Waals surface area (Å²) in [5, 5.41) is 2.88. The van der Waals surface area contributed by atoms with Crippen molar-refractivity contribution in [3.8, 4) is 0 Å². The molecule has 1 aliphatic rings. The van der Waals surface area contributed by atoms with Crippen LogP contribution in [0.15, 0.2) is 0 Å². The molecule has 0 aromatic heterocycles. The number of hydrogen-bond acceptors (Lipinski definition) is 4. The minimum atomic E-state index is -0.225. The minimum absolute atomic E-state index is 0.0577. The minimum Gasteiger partial charge on any atom is -0.469 e. The zero-order valence-corrected chi connectivity index (χ0v) is 12.8. The molecule has 0 aliphatic heterocycles. The molecule has 1 amide bonds. The third-order valence-electron chi connectivity index (χ3n) is 3.95. The summed E-state index contributed by atoms with van der Waals surface area (Å²) in [6, 6.07) is 0.564. The van der Waals surface area contributed by atoms with Gasteiger partial charge in [-0.05, 0) is 25.8 Å². The lowest BCUT2D eigenvalue weighted by atomic mass is 9.94. The first-order valence-corrected chi connectivity index (χ1v) is 7.75. The van der Waals surface area contributed by atoms with Crippen molar-refractivity contribution in [2.24, 2.45) is 0 Å². The van der Waals surface area contributed by atoms with Gasteiger partial charge < -0.3 is 10.1 Å². The van der Waals surface area contributed by atoms with Crippen LogP contribution in [0.5, 0.6) is 0 Å². The van der Waals surface area contributed by atoms with Crippen molar-refractivity contribution in [1.29, 1.82) is 0 Å². The predicted octanol–water partition coefficient (Wildman–Crippen LogP) is 1.71. The number of ether oxygens (including phenoxy) is 1. The van der Waals surface area contributed by atoms with Crippen LogP contribution >= 0.6 is 0 Å². The van der Waals surface area contributed by atoms with E-state index in [-0.39, 0.29) is 11.9 Å². The number of rotatable bonds is 8. The van der Waals surface area contributed by atoms with E-state index in [0.29, 0.717) is 32.0 Å². The first-order chi connectivity index (χ1) is 9.67. The highest BCUT2D eigenvalue weighted by Crippen LogP contribution is 2.22. The molecule has 1 aliphatic carbocycles. The average Bonchev–Trinajstić information content (AvgIpc) is 2.49. The highest BCUT2D eigenvalue weighted by Gasteiger charge is 2.21. The maximum absolute atomic E-state index is 11.9. The fraction of sp³-hybridized carbons (Fsp3) is 0.867. The van der Waals surface area contributed by atoms with E-state index in [9.17, 15) is 9.59 Å². The lowest BCUT2D eigenvalue weighted by Gasteiger charge is -2.32. The highest BCUT2D eigenvalue weighted by atomic mass is 16.5. The van der Waals surface area contributed by atoms with Crippen molar-refractivity contribution < 1.29 is 14.3 Å². The van der Waals surface area contributed by atoms with Gasteiger partial charge in [0.05, 0.1) is 13.7 Å². The summed E-state index contributed by atoms with van der Waals surface area (Å²) in [7, 11) is 1.38. The van der Waals surface area contributed by atoms with E-state index in [1.54, 1.807) is 0 Å². The first-order valence-electron chi connectivity index (χ1n) is 7.75.